The van der Waals surface area contributed by atoms with E-state index in [1.165, 1.54) is 56.9 Å². The van der Waals surface area contributed by atoms with Crippen LogP contribution >= 0.6 is 0 Å². The summed E-state index contributed by atoms with van der Waals surface area (Å²) in [6.07, 6.45) is 16.7. The van der Waals surface area contributed by atoms with Crippen molar-refractivity contribution in [3.63, 3.8) is 0 Å². The van der Waals surface area contributed by atoms with Crippen molar-refractivity contribution in [3.05, 3.63) is 11.6 Å². The van der Waals surface area contributed by atoms with E-state index in [0.29, 0.717) is 12.5 Å². The topological polar surface area (TPSA) is 29.1 Å². The highest BCUT2D eigenvalue weighted by atomic mass is 16.1. The van der Waals surface area contributed by atoms with Crippen LogP contribution in [0.2, 0.25) is 0 Å². The molecular formula is C20H39NO. The maximum atomic E-state index is 11.8. The Bertz CT molecular complexity index is 292. The van der Waals surface area contributed by atoms with Crippen molar-refractivity contribution in [3.8, 4) is 0 Å². The molecule has 1 N–H and O–H groups in total. The third-order valence-corrected chi connectivity index (χ3v) is 4.07. The van der Waals surface area contributed by atoms with E-state index in [2.05, 4.69) is 39.1 Å². The fourth-order valence-electron chi connectivity index (χ4n) is 2.64. The van der Waals surface area contributed by atoms with Crippen LogP contribution < -0.4 is 5.32 Å². The maximum absolute atomic E-state index is 11.8. The lowest BCUT2D eigenvalue weighted by atomic mass is 10.1. The van der Waals surface area contributed by atoms with Gasteiger partial charge in [-0.05, 0) is 40.0 Å². The predicted molar refractivity (Wildman–Crippen MR) is 98.1 cm³/mol. The van der Waals surface area contributed by atoms with Crippen molar-refractivity contribution >= 4 is 5.91 Å². The first-order chi connectivity index (χ1) is 10.6. The molecule has 0 rings (SSSR count). The van der Waals surface area contributed by atoms with Gasteiger partial charge >= 0.3 is 0 Å². The average molecular weight is 310 g/mol. The molecule has 0 aliphatic carbocycles. The zero-order valence-electron chi connectivity index (χ0n) is 15.5. The molecule has 130 valence electrons. The van der Waals surface area contributed by atoms with E-state index in [1.807, 2.05) is 0 Å². The molecule has 0 unspecified atom stereocenters. The molecule has 1 atom stereocenters. The number of unbranched alkanes of at least 4 members (excludes halogenated alkanes) is 8. The van der Waals surface area contributed by atoms with Crippen molar-refractivity contribution in [1.29, 1.82) is 0 Å². The Balaban J connectivity index is 3.40. The number of allylic oxidation sites excluding steroid dienone is 2. The normalized spacial score (nSPS) is 12.0. The minimum absolute atomic E-state index is 0.229. The van der Waals surface area contributed by atoms with Gasteiger partial charge in [0.2, 0.25) is 5.91 Å². The molecule has 0 bridgehead atoms. The van der Waals surface area contributed by atoms with Gasteiger partial charge in [0, 0.05) is 12.5 Å². The molecule has 22 heavy (non-hydrogen) atoms. The fraction of sp³-hybridized carbons (Fsp3) is 0.850. The monoisotopic (exact) mass is 309 g/mol. The second-order valence-electron chi connectivity index (χ2n) is 6.91. The van der Waals surface area contributed by atoms with Gasteiger partial charge < -0.3 is 5.32 Å². The van der Waals surface area contributed by atoms with Crippen molar-refractivity contribution < 1.29 is 4.79 Å². The Kier molecular flexibility index (Phi) is 14.6. The van der Waals surface area contributed by atoms with Gasteiger partial charge in [0.15, 0.2) is 0 Å². The molecule has 0 saturated heterocycles. The highest BCUT2D eigenvalue weighted by molar-refractivity contribution is 5.76. The number of carbonyl (C=O) groups is 1. The van der Waals surface area contributed by atoms with Crippen LogP contribution in [0.3, 0.4) is 0 Å². The van der Waals surface area contributed by atoms with Gasteiger partial charge in [-0.15, -0.1) is 0 Å². The van der Waals surface area contributed by atoms with E-state index in [-0.39, 0.29) is 5.91 Å². The summed E-state index contributed by atoms with van der Waals surface area (Å²) in [7, 11) is 0. The Morgan fingerprint density at radius 2 is 1.50 bits per heavy atom. The van der Waals surface area contributed by atoms with Gasteiger partial charge in [0.25, 0.3) is 0 Å². The van der Waals surface area contributed by atoms with E-state index in [1.54, 1.807) is 0 Å². The number of carbonyl (C=O) groups excluding carboxylic acids is 1. The smallest absolute Gasteiger partial charge is 0.220 e. The molecule has 0 radical (unpaired) electrons. The summed E-state index contributed by atoms with van der Waals surface area (Å²) < 4.78 is 0. The highest BCUT2D eigenvalue weighted by Crippen LogP contribution is 2.10. The first-order valence-corrected chi connectivity index (χ1v) is 9.49. The summed E-state index contributed by atoms with van der Waals surface area (Å²) in [5.74, 6) is 0.229. The Hall–Kier alpha value is -0.790. The average Bonchev–Trinajstić information content (AvgIpc) is 2.45. The van der Waals surface area contributed by atoms with Crippen LogP contribution in [0.4, 0.5) is 0 Å². The number of hydrogen-bond donors (Lipinski definition) is 1. The third kappa shape index (κ3) is 15.6. The van der Waals surface area contributed by atoms with Crippen molar-refractivity contribution in [1.82, 2.24) is 5.32 Å². The summed E-state index contributed by atoms with van der Waals surface area (Å²) in [4.78, 5) is 11.8. The summed E-state index contributed by atoms with van der Waals surface area (Å²) in [5, 5.41) is 3.11. The minimum Gasteiger partial charge on any atom is -0.354 e. The van der Waals surface area contributed by atoms with E-state index in [9.17, 15) is 4.79 Å². The molecule has 0 aromatic heterocycles. The number of hydrogen-bond acceptors (Lipinski definition) is 1. The molecule has 2 heteroatoms. The number of amides is 1. The standard InChI is InChI=1S/C20H39NO/c1-5-6-7-8-9-10-11-12-13-17-20(22)21-19(4)16-14-15-18(2)3/h15,19H,5-14,16-17H2,1-4H3,(H,21,22)/t19-/m1/s1. The largest absolute Gasteiger partial charge is 0.354 e. The second kappa shape index (κ2) is 15.1. The molecule has 0 aromatic carbocycles. The molecule has 0 heterocycles. The lowest BCUT2D eigenvalue weighted by molar-refractivity contribution is -0.121. The lowest BCUT2D eigenvalue weighted by Crippen LogP contribution is -2.32. The zero-order chi connectivity index (χ0) is 16.6. The van der Waals surface area contributed by atoms with Crippen LogP contribution in [0.15, 0.2) is 11.6 Å². The lowest BCUT2D eigenvalue weighted by Gasteiger charge is -2.13. The molecular weight excluding hydrogens is 270 g/mol. The molecule has 0 saturated carbocycles. The van der Waals surface area contributed by atoms with Crippen molar-refractivity contribution in [2.24, 2.45) is 0 Å². The summed E-state index contributed by atoms with van der Waals surface area (Å²) >= 11 is 0. The van der Waals surface area contributed by atoms with E-state index in [4.69, 9.17) is 0 Å². The molecule has 0 aliphatic rings. The molecule has 0 fully saturated rings. The first-order valence-electron chi connectivity index (χ1n) is 9.49. The SMILES string of the molecule is CCCCCCCCCCCC(=O)N[C@H](C)CCC=C(C)C. The molecule has 0 aromatic rings. The summed E-state index contributed by atoms with van der Waals surface area (Å²) in [6, 6.07) is 0.293. The quantitative estimate of drug-likeness (QED) is 0.302. The molecule has 1 amide bonds. The highest BCUT2D eigenvalue weighted by Gasteiger charge is 2.06. The maximum Gasteiger partial charge on any atom is 0.220 e. The minimum atomic E-state index is 0.229. The first kappa shape index (κ1) is 21.2. The number of nitrogens with one attached hydrogen (secondary N) is 1. The van der Waals surface area contributed by atoms with Crippen LogP contribution in [0.25, 0.3) is 0 Å². The third-order valence-electron chi connectivity index (χ3n) is 4.07. The fourth-order valence-corrected chi connectivity index (χ4v) is 2.64. The molecule has 0 aliphatic heterocycles. The molecule has 2 nitrogen and oxygen atoms in total. The van der Waals surface area contributed by atoms with Gasteiger partial charge in [-0.2, -0.15) is 0 Å². The van der Waals surface area contributed by atoms with Crippen LogP contribution in [0.1, 0.15) is 105 Å². The summed E-state index contributed by atoms with van der Waals surface area (Å²) in [6.45, 7) is 8.60. The van der Waals surface area contributed by atoms with Gasteiger partial charge in [-0.1, -0.05) is 69.9 Å². The van der Waals surface area contributed by atoms with E-state index < -0.39 is 0 Å². The van der Waals surface area contributed by atoms with Gasteiger partial charge in [-0.25, -0.2) is 0 Å². The van der Waals surface area contributed by atoms with Crippen LogP contribution in [0, 0.1) is 0 Å². The Morgan fingerprint density at radius 1 is 0.955 bits per heavy atom. The van der Waals surface area contributed by atoms with Crippen molar-refractivity contribution in [2.75, 3.05) is 0 Å². The Labute approximate surface area is 139 Å². The zero-order valence-corrected chi connectivity index (χ0v) is 15.5. The van der Waals surface area contributed by atoms with Crippen LogP contribution in [0.5, 0.6) is 0 Å². The van der Waals surface area contributed by atoms with Gasteiger partial charge in [0.05, 0.1) is 0 Å². The summed E-state index contributed by atoms with van der Waals surface area (Å²) in [5.41, 5.74) is 1.35. The van der Waals surface area contributed by atoms with Gasteiger partial charge in [-0.3, -0.25) is 4.79 Å². The van der Waals surface area contributed by atoms with Gasteiger partial charge in [0.1, 0.15) is 0 Å². The molecule has 0 spiro atoms. The van der Waals surface area contributed by atoms with E-state index in [0.717, 1.165) is 19.3 Å². The number of rotatable bonds is 14. The van der Waals surface area contributed by atoms with Crippen molar-refractivity contribution in [2.45, 2.75) is 111 Å². The predicted octanol–water partition coefficient (Wildman–Crippen LogP) is 6.16. The van der Waals surface area contributed by atoms with Crippen LogP contribution in [-0.2, 0) is 4.79 Å². The van der Waals surface area contributed by atoms with E-state index >= 15 is 0 Å². The second-order valence-corrected chi connectivity index (χ2v) is 6.91. The Morgan fingerprint density at radius 3 is 2.05 bits per heavy atom. The van der Waals surface area contributed by atoms with Crippen LogP contribution in [-0.4, -0.2) is 11.9 Å².